The molecule has 0 amide bonds. The maximum atomic E-state index is 11.1. The third-order valence-corrected chi connectivity index (χ3v) is 3.28. The van der Waals surface area contributed by atoms with Gasteiger partial charge in [0.15, 0.2) is 0 Å². The van der Waals surface area contributed by atoms with E-state index in [1.165, 1.54) is 0 Å². The van der Waals surface area contributed by atoms with E-state index in [1.54, 1.807) is 23.0 Å². The highest BCUT2D eigenvalue weighted by Crippen LogP contribution is 2.14. The molecule has 0 bridgehead atoms. The third-order valence-electron chi connectivity index (χ3n) is 3.28. The molecule has 106 valence electrons. The maximum absolute atomic E-state index is 11.1. The van der Waals surface area contributed by atoms with Crippen molar-refractivity contribution in [2.45, 2.75) is 26.8 Å². The number of pyridine rings is 1. The summed E-state index contributed by atoms with van der Waals surface area (Å²) in [4.78, 5) is 15.5. The smallest absolute Gasteiger partial charge is 0.335 e. The summed E-state index contributed by atoms with van der Waals surface area (Å²) in [7, 11) is 1.89. The molecule has 20 heavy (non-hydrogen) atoms. The van der Waals surface area contributed by atoms with Gasteiger partial charge in [-0.15, -0.1) is 0 Å². The molecular formula is C14H18N4O2. The van der Waals surface area contributed by atoms with Crippen molar-refractivity contribution in [3.05, 3.63) is 40.8 Å². The average Bonchev–Trinajstić information content (AvgIpc) is 2.76. The molecule has 0 fully saturated rings. The molecule has 2 N–H and O–H groups in total. The number of anilines is 1. The number of carboxylic acid groups (broad SMARTS) is 1. The molecule has 0 aliphatic carbocycles. The van der Waals surface area contributed by atoms with Crippen LogP contribution in [-0.2, 0) is 20.0 Å². The maximum Gasteiger partial charge on any atom is 0.335 e. The van der Waals surface area contributed by atoms with Gasteiger partial charge >= 0.3 is 5.97 Å². The van der Waals surface area contributed by atoms with E-state index in [2.05, 4.69) is 15.4 Å². The highest BCUT2D eigenvalue weighted by molar-refractivity contribution is 5.88. The Hall–Kier alpha value is -2.37. The lowest BCUT2D eigenvalue weighted by atomic mass is 10.2. The summed E-state index contributed by atoms with van der Waals surface area (Å²) < 4.78 is 1.80. The van der Waals surface area contributed by atoms with E-state index in [0.717, 1.165) is 17.0 Å². The van der Waals surface area contributed by atoms with Crippen LogP contribution in [0.1, 0.15) is 34.2 Å². The number of aryl methyl sites for hydroxylation is 2. The summed E-state index contributed by atoms with van der Waals surface area (Å²) in [5, 5.41) is 16.4. The van der Waals surface area contributed by atoms with Crippen LogP contribution in [0.15, 0.2) is 18.3 Å². The van der Waals surface area contributed by atoms with Gasteiger partial charge in [0.25, 0.3) is 0 Å². The fourth-order valence-electron chi connectivity index (χ4n) is 1.89. The van der Waals surface area contributed by atoms with Crippen molar-refractivity contribution in [3.63, 3.8) is 0 Å². The Morgan fingerprint density at radius 3 is 2.75 bits per heavy atom. The molecule has 6 heteroatoms. The fourth-order valence-corrected chi connectivity index (χ4v) is 1.89. The summed E-state index contributed by atoms with van der Waals surface area (Å²) in [5.41, 5.74) is 3.15. The van der Waals surface area contributed by atoms with E-state index in [-0.39, 0.29) is 5.56 Å². The van der Waals surface area contributed by atoms with E-state index in [4.69, 9.17) is 5.11 Å². The molecule has 0 aromatic carbocycles. The molecule has 0 aliphatic heterocycles. The molecule has 0 unspecified atom stereocenters. The molecule has 0 radical (unpaired) electrons. The third kappa shape index (κ3) is 2.96. The van der Waals surface area contributed by atoms with Gasteiger partial charge in [0, 0.05) is 30.5 Å². The summed E-state index contributed by atoms with van der Waals surface area (Å²) in [6.45, 7) is 4.50. The zero-order valence-corrected chi connectivity index (χ0v) is 11.8. The van der Waals surface area contributed by atoms with Gasteiger partial charge in [-0.1, -0.05) is 6.92 Å². The minimum Gasteiger partial charge on any atom is -0.478 e. The van der Waals surface area contributed by atoms with E-state index < -0.39 is 5.97 Å². The Kier molecular flexibility index (Phi) is 4.02. The van der Waals surface area contributed by atoms with Crippen molar-refractivity contribution >= 4 is 11.8 Å². The van der Waals surface area contributed by atoms with Crippen LogP contribution in [0, 0.1) is 6.92 Å². The number of aromatic nitrogens is 3. The van der Waals surface area contributed by atoms with Gasteiger partial charge < -0.3 is 10.4 Å². The fraction of sp³-hybridized carbons (Fsp3) is 0.357. The number of nitrogens with zero attached hydrogens (tertiary/aromatic N) is 3. The second-order valence-electron chi connectivity index (χ2n) is 4.62. The van der Waals surface area contributed by atoms with Gasteiger partial charge in [-0.2, -0.15) is 5.10 Å². The monoisotopic (exact) mass is 274 g/mol. The van der Waals surface area contributed by atoms with Crippen molar-refractivity contribution < 1.29 is 9.90 Å². The minimum absolute atomic E-state index is 0.252. The average molecular weight is 274 g/mol. The van der Waals surface area contributed by atoms with E-state index >= 15 is 0 Å². The zero-order chi connectivity index (χ0) is 14.7. The van der Waals surface area contributed by atoms with Crippen LogP contribution in [-0.4, -0.2) is 25.8 Å². The van der Waals surface area contributed by atoms with Gasteiger partial charge in [0.2, 0.25) is 0 Å². The molecule has 0 atom stereocenters. The number of carbonyl (C=O) groups is 1. The second kappa shape index (κ2) is 5.73. The number of aromatic carboxylic acids is 1. The lowest BCUT2D eigenvalue weighted by Crippen LogP contribution is -2.07. The highest BCUT2D eigenvalue weighted by Gasteiger charge is 2.09. The molecule has 0 saturated carbocycles. The lowest BCUT2D eigenvalue weighted by Gasteiger charge is -2.08. The molecule has 2 rings (SSSR count). The lowest BCUT2D eigenvalue weighted by molar-refractivity contribution is 0.0696. The van der Waals surface area contributed by atoms with Crippen LogP contribution >= 0.6 is 0 Å². The molecule has 2 aromatic rings. The summed E-state index contributed by atoms with van der Waals surface area (Å²) in [5.74, 6) is -0.368. The molecule has 0 spiro atoms. The predicted molar refractivity (Wildman–Crippen MR) is 75.8 cm³/mol. The summed E-state index contributed by atoms with van der Waals surface area (Å²) in [6, 6.07) is 3.15. The van der Waals surface area contributed by atoms with Gasteiger partial charge in [0.1, 0.15) is 5.82 Å². The standard InChI is InChI=1S/C14H18N4O2/c1-4-12-5-10(14(19)20)6-13(17-12)15-7-11-8-16-18(3)9(11)2/h5-6,8H,4,7H2,1-3H3,(H,15,17)(H,19,20). The second-order valence-corrected chi connectivity index (χ2v) is 4.62. The van der Waals surface area contributed by atoms with E-state index in [1.807, 2.05) is 20.9 Å². The topological polar surface area (TPSA) is 80.0 Å². The van der Waals surface area contributed by atoms with Crippen molar-refractivity contribution in [1.29, 1.82) is 0 Å². The quantitative estimate of drug-likeness (QED) is 0.871. The van der Waals surface area contributed by atoms with Crippen molar-refractivity contribution in [2.24, 2.45) is 7.05 Å². The largest absolute Gasteiger partial charge is 0.478 e. The van der Waals surface area contributed by atoms with E-state index in [9.17, 15) is 4.79 Å². The van der Waals surface area contributed by atoms with Gasteiger partial charge in [-0.05, 0) is 25.5 Å². The Bertz CT molecular complexity index is 634. The first kappa shape index (κ1) is 14.0. The van der Waals surface area contributed by atoms with E-state index in [0.29, 0.717) is 18.8 Å². The first-order valence-corrected chi connectivity index (χ1v) is 6.47. The van der Waals surface area contributed by atoms with Crippen LogP contribution in [0.2, 0.25) is 0 Å². The molecule has 6 nitrogen and oxygen atoms in total. The minimum atomic E-state index is -0.942. The molecular weight excluding hydrogens is 256 g/mol. The number of hydrogen-bond acceptors (Lipinski definition) is 4. The van der Waals surface area contributed by atoms with Crippen molar-refractivity contribution in [3.8, 4) is 0 Å². The van der Waals surface area contributed by atoms with Gasteiger partial charge in [-0.3, -0.25) is 4.68 Å². The highest BCUT2D eigenvalue weighted by atomic mass is 16.4. The first-order chi connectivity index (χ1) is 9.51. The molecule has 2 heterocycles. The van der Waals surface area contributed by atoms with Crippen LogP contribution in [0.25, 0.3) is 0 Å². The van der Waals surface area contributed by atoms with Crippen molar-refractivity contribution in [1.82, 2.24) is 14.8 Å². The van der Waals surface area contributed by atoms with Crippen LogP contribution < -0.4 is 5.32 Å². The Labute approximate surface area is 117 Å². The molecule has 2 aromatic heterocycles. The normalized spacial score (nSPS) is 10.6. The first-order valence-electron chi connectivity index (χ1n) is 6.47. The predicted octanol–water partition coefficient (Wildman–Crippen LogP) is 2.00. The zero-order valence-electron chi connectivity index (χ0n) is 11.8. The van der Waals surface area contributed by atoms with Gasteiger partial charge in [-0.25, -0.2) is 9.78 Å². The summed E-state index contributed by atoms with van der Waals surface area (Å²) >= 11 is 0. The van der Waals surface area contributed by atoms with Crippen LogP contribution in [0.5, 0.6) is 0 Å². The van der Waals surface area contributed by atoms with Crippen LogP contribution in [0.3, 0.4) is 0 Å². The SMILES string of the molecule is CCc1cc(C(=O)O)cc(NCc2cnn(C)c2C)n1. The van der Waals surface area contributed by atoms with Gasteiger partial charge in [0.05, 0.1) is 11.8 Å². The number of rotatable bonds is 5. The number of carboxylic acids is 1. The summed E-state index contributed by atoms with van der Waals surface area (Å²) in [6.07, 6.45) is 2.49. The molecule has 0 saturated heterocycles. The molecule has 0 aliphatic rings. The van der Waals surface area contributed by atoms with Crippen LogP contribution in [0.4, 0.5) is 5.82 Å². The Balaban J connectivity index is 2.18. The Morgan fingerprint density at radius 2 is 2.20 bits per heavy atom. The Morgan fingerprint density at radius 1 is 1.45 bits per heavy atom. The number of hydrogen-bond donors (Lipinski definition) is 2. The van der Waals surface area contributed by atoms with Crippen molar-refractivity contribution in [2.75, 3.05) is 5.32 Å². The number of nitrogens with one attached hydrogen (secondary N) is 1.